The topological polar surface area (TPSA) is 67.9 Å². The maximum Gasteiger partial charge on any atom is 0.226 e. The van der Waals surface area contributed by atoms with Gasteiger partial charge in [0.1, 0.15) is 0 Å². The number of likely N-dealkylation sites (tertiary alicyclic amines) is 1. The zero-order chi connectivity index (χ0) is 17.8. The molecule has 0 bridgehead atoms. The van der Waals surface area contributed by atoms with Gasteiger partial charge in [0.25, 0.3) is 0 Å². The Bertz CT molecular complexity index is 634. The predicted molar refractivity (Wildman–Crippen MR) is 93.7 cm³/mol. The molecule has 1 saturated carbocycles. The third-order valence-electron chi connectivity index (χ3n) is 4.95. The van der Waals surface area contributed by atoms with Crippen molar-refractivity contribution in [3.05, 3.63) is 23.8 Å². The Hall–Kier alpha value is -2.24. The first-order chi connectivity index (χ1) is 12.1. The number of ether oxygens (including phenoxy) is 2. The fraction of sp³-hybridized carbons (Fsp3) is 0.579. The van der Waals surface area contributed by atoms with Crippen LogP contribution in [-0.4, -0.2) is 50.1 Å². The molecule has 1 aromatic carbocycles. The van der Waals surface area contributed by atoms with Gasteiger partial charge in [-0.1, -0.05) is 6.07 Å². The number of methoxy groups -OCH3 is 2. The number of benzene rings is 1. The zero-order valence-electron chi connectivity index (χ0n) is 14.9. The van der Waals surface area contributed by atoms with Gasteiger partial charge in [-0.3, -0.25) is 9.59 Å². The Labute approximate surface area is 148 Å². The van der Waals surface area contributed by atoms with Gasteiger partial charge in [0, 0.05) is 25.0 Å². The van der Waals surface area contributed by atoms with Crippen molar-refractivity contribution in [1.82, 2.24) is 10.2 Å². The molecule has 6 nitrogen and oxygen atoms in total. The van der Waals surface area contributed by atoms with Crippen molar-refractivity contribution < 1.29 is 19.1 Å². The summed E-state index contributed by atoms with van der Waals surface area (Å²) in [5.74, 6) is 1.83. The van der Waals surface area contributed by atoms with Crippen molar-refractivity contribution in [2.75, 3.05) is 27.3 Å². The fourth-order valence-electron chi connectivity index (χ4n) is 3.21. The molecule has 0 radical (unpaired) electrons. The van der Waals surface area contributed by atoms with Crippen molar-refractivity contribution in [2.45, 2.75) is 38.1 Å². The van der Waals surface area contributed by atoms with E-state index in [0.717, 1.165) is 31.2 Å². The maximum atomic E-state index is 12.5. The molecule has 1 N–H and O–H groups in total. The van der Waals surface area contributed by atoms with Crippen LogP contribution >= 0.6 is 0 Å². The van der Waals surface area contributed by atoms with Crippen LogP contribution < -0.4 is 14.8 Å². The van der Waals surface area contributed by atoms with E-state index in [1.165, 1.54) is 0 Å². The van der Waals surface area contributed by atoms with Crippen molar-refractivity contribution in [2.24, 2.45) is 5.92 Å². The number of amides is 2. The third-order valence-corrected chi connectivity index (χ3v) is 4.95. The molecule has 0 aromatic heterocycles. The number of hydrogen-bond acceptors (Lipinski definition) is 4. The lowest BCUT2D eigenvalue weighted by Crippen LogP contribution is -2.47. The molecule has 0 unspecified atom stereocenters. The summed E-state index contributed by atoms with van der Waals surface area (Å²) in [5.41, 5.74) is 0.909. The largest absolute Gasteiger partial charge is 0.493 e. The number of carbonyl (C=O) groups is 2. The molecule has 1 aliphatic carbocycles. The smallest absolute Gasteiger partial charge is 0.226 e. The highest BCUT2D eigenvalue weighted by molar-refractivity contribution is 5.81. The minimum Gasteiger partial charge on any atom is -0.493 e. The predicted octanol–water partition coefficient (Wildman–Crippen LogP) is 1.76. The summed E-state index contributed by atoms with van der Waals surface area (Å²) in [6.07, 6.45) is 4.05. The van der Waals surface area contributed by atoms with Gasteiger partial charge in [-0.15, -0.1) is 0 Å². The van der Waals surface area contributed by atoms with E-state index >= 15 is 0 Å². The average Bonchev–Trinajstić information content (AvgIpc) is 3.47. The quantitative estimate of drug-likeness (QED) is 0.852. The van der Waals surface area contributed by atoms with Crippen molar-refractivity contribution in [3.8, 4) is 11.5 Å². The summed E-state index contributed by atoms with van der Waals surface area (Å²) in [7, 11) is 3.18. The number of hydrogen-bond donors (Lipinski definition) is 1. The Morgan fingerprint density at radius 3 is 2.36 bits per heavy atom. The molecule has 25 heavy (non-hydrogen) atoms. The lowest BCUT2D eigenvalue weighted by Gasteiger charge is -2.32. The van der Waals surface area contributed by atoms with E-state index in [1.54, 1.807) is 14.2 Å². The van der Waals surface area contributed by atoms with E-state index in [-0.39, 0.29) is 23.8 Å². The molecule has 2 amide bonds. The maximum absolute atomic E-state index is 12.5. The second-order valence-corrected chi connectivity index (χ2v) is 6.80. The minimum atomic E-state index is 0.110. The number of nitrogens with zero attached hydrogens (tertiary/aromatic N) is 1. The summed E-state index contributed by atoms with van der Waals surface area (Å²) < 4.78 is 10.5. The molecule has 2 fully saturated rings. The number of piperidine rings is 1. The van der Waals surface area contributed by atoms with Crippen LogP contribution in [0.3, 0.4) is 0 Å². The van der Waals surface area contributed by atoms with Gasteiger partial charge in [0.2, 0.25) is 11.8 Å². The van der Waals surface area contributed by atoms with Crippen LogP contribution in [0.25, 0.3) is 0 Å². The SMILES string of the molecule is COc1ccc(CC(=O)N2CCC(NC(=O)C3CC3)CC2)cc1OC. The summed E-state index contributed by atoms with van der Waals surface area (Å²) in [5, 5.41) is 3.11. The van der Waals surface area contributed by atoms with Gasteiger partial charge in [0.15, 0.2) is 11.5 Å². The number of rotatable bonds is 6. The third kappa shape index (κ3) is 4.44. The Morgan fingerprint density at radius 1 is 1.08 bits per heavy atom. The lowest BCUT2D eigenvalue weighted by atomic mass is 10.0. The van der Waals surface area contributed by atoms with E-state index in [0.29, 0.717) is 31.0 Å². The standard InChI is InChI=1S/C19H26N2O4/c1-24-16-6-3-13(11-17(16)25-2)12-18(22)21-9-7-15(8-10-21)20-19(23)14-4-5-14/h3,6,11,14-15H,4-5,7-10,12H2,1-2H3,(H,20,23). The van der Waals surface area contributed by atoms with Crippen LogP contribution in [0.15, 0.2) is 18.2 Å². The summed E-state index contributed by atoms with van der Waals surface area (Å²) in [6.45, 7) is 1.39. The summed E-state index contributed by atoms with van der Waals surface area (Å²) in [6, 6.07) is 5.76. The van der Waals surface area contributed by atoms with Crippen molar-refractivity contribution in [3.63, 3.8) is 0 Å². The van der Waals surface area contributed by atoms with E-state index in [1.807, 2.05) is 23.1 Å². The minimum absolute atomic E-state index is 0.110. The van der Waals surface area contributed by atoms with E-state index in [2.05, 4.69) is 5.32 Å². The summed E-state index contributed by atoms with van der Waals surface area (Å²) in [4.78, 5) is 26.2. The van der Waals surface area contributed by atoms with Crippen LogP contribution in [0.2, 0.25) is 0 Å². The van der Waals surface area contributed by atoms with Crippen molar-refractivity contribution >= 4 is 11.8 Å². The first-order valence-electron chi connectivity index (χ1n) is 8.89. The van der Waals surface area contributed by atoms with E-state index in [4.69, 9.17) is 9.47 Å². The van der Waals surface area contributed by atoms with Gasteiger partial charge in [-0.05, 0) is 43.4 Å². The van der Waals surface area contributed by atoms with E-state index < -0.39 is 0 Å². The number of carbonyl (C=O) groups excluding carboxylic acids is 2. The molecule has 2 aliphatic rings. The highest BCUT2D eigenvalue weighted by Crippen LogP contribution is 2.30. The molecule has 6 heteroatoms. The van der Waals surface area contributed by atoms with Crippen LogP contribution in [0, 0.1) is 5.92 Å². The molecule has 0 spiro atoms. The average molecular weight is 346 g/mol. The zero-order valence-corrected chi connectivity index (χ0v) is 14.9. The molecule has 0 atom stereocenters. The first kappa shape index (κ1) is 17.6. The Kier molecular flexibility index (Phi) is 5.46. The van der Waals surface area contributed by atoms with Gasteiger partial charge in [0.05, 0.1) is 20.6 Å². The number of nitrogens with one attached hydrogen (secondary N) is 1. The van der Waals surface area contributed by atoms with Gasteiger partial charge >= 0.3 is 0 Å². The molecule has 1 heterocycles. The van der Waals surface area contributed by atoms with Crippen LogP contribution in [0.5, 0.6) is 11.5 Å². The normalized spacial score (nSPS) is 17.9. The second kappa shape index (κ2) is 7.76. The van der Waals surface area contributed by atoms with Gasteiger partial charge < -0.3 is 19.7 Å². The fourth-order valence-corrected chi connectivity index (χ4v) is 3.21. The second-order valence-electron chi connectivity index (χ2n) is 6.80. The molecule has 3 rings (SSSR count). The molecule has 1 aromatic rings. The highest BCUT2D eigenvalue weighted by atomic mass is 16.5. The van der Waals surface area contributed by atoms with Crippen LogP contribution in [0.1, 0.15) is 31.2 Å². The Balaban J connectivity index is 1.50. The lowest BCUT2D eigenvalue weighted by molar-refractivity contribution is -0.131. The molecule has 1 saturated heterocycles. The highest BCUT2D eigenvalue weighted by Gasteiger charge is 2.32. The molecular weight excluding hydrogens is 320 g/mol. The monoisotopic (exact) mass is 346 g/mol. The van der Waals surface area contributed by atoms with Crippen LogP contribution in [-0.2, 0) is 16.0 Å². The summed E-state index contributed by atoms with van der Waals surface area (Å²) >= 11 is 0. The van der Waals surface area contributed by atoms with E-state index in [9.17, 15) is 9.59 Å². The molecule has 136 valence electrons. The Morgan fingerprint density at radius 2 is 1.76 bits per heavy atom. The molecular formula is C19H26N2O4. The molecule has 1 aliphatic heterocycles. The van der Waals surface area contributed by atoms with Gasteiger partial charge in [-0.25, -0.2) is 0 Å². The van der Waals surface area contributed by atoms with Crippen LogP contribution in [0.4, 0.5) is 0 Å². The van der Waals surface area contributed by atoms with Crippen molar-refractivity contribution in [1.29, 1.82) is 0 Å². The first-order valence-corrected chi connectivity index (χ1v) is 8.89. The van der Waals surface area contributed by atoms with Gasteiger partial charge in [-0.2, -0.15) is 0 Å².